The monoisotopic (exact) mass is 312 g/mol. The Bertz CT molecular complexity index is 656. The predicted octanol–water partition coefficient (Wildman–Crippen LogP) is 3.99. The van der Waals surface area contributed by atoms with Crippen molar-refractivity contribution in [1.29, 1.82) is 5.41 Å². The second-order valence-corrected chi connectivity index (χ2v) is 4.88. The summed E-state index contributed by atoms with van der Waals surface area (Å²) in [4.78, 5) is 11.9. The third-order valence-corrected chi connectivity index (χ3v) is 3.14. The minimum atomic E-state index is -0.524. The Morgan fingerprint density at radius 3 is 2.48 bits per heavy atom. The zero-order chi connectivity index (χ0) is 16.5. The van der Waals surface area contributed by atoms with Gasteiger partial charge in [0, 0.05) is 5.69 Å². The van der Waals surface area contributed by atoms with Gasteiger partial charge in [-0.3, -0.25) is 10.7 Å². The van der Waals surface area contributed by atoms with Gasteiger partial charge in [-0.2, -0.15) is 0 Å². The highest BCUT2D eigenvalue weighted by molar-refractivity contribution is 5.87. The van der Waals surface area contributed by atoms with E-state index in [4.69, 9.17) is 14.9 Å². The average Bonchev–Trinajstić information content (AvgIpc) is 2.56. The number of anilines is 1. The van der Waals surface area contributed by atoms with E-state index in [1.54, 1.807) is 6.07 Å². The quantitative estimate of drug-likeness (QED) is 0.626. The van der Waals surface area contributed by atoms with E-state index in [1.165, 1.54) is 0 Å². The van der Waals surface area contributed by atoms with Gasteiger partial charge in [-0.25, -0.2) is 4.79 Å². The van der Waals surface area contributed by atoms with Crippen LogP contribution in [-0.2, 0) is 22.5 Å². The number of hydrogen-bond donors (Lipinski definition) is 2. The Labute approximate surface area is 135 Å². The van der Waals surface area contributed by atoms with Crippen molar-refractivity contribution in [3.05, 3.63) is 65.7 Å². The van der Waals surface area contributed by atoms with Crippen LogP contribution in [0.25, 0.3) is 0 Å². The fraction of sp³-hybridized carbons (Fsp3) is 0.222. The molecule has 2 aromatic rings. The fourth-order valence-electron chi connectivity index (χ4n) is 2.06. The molecule has 2 rings (SSSR count). The topological polar surface area (TPSA) is 71.4 Å². The first-order valence-corrected chi connectivity index (χ1v) is 7.45. The van der Waals surface area contributed by atoms with Crippen molar-refractivity contribution in [2.75, 3.05) is 11.9 Å². The van der Waals surface area contributed by atoms with E-state index in [9.17, 15) is 4.79 Å². The van der Waals surface area contributed by atoms with E-state index in [0.717, 1.165) is 11.1 Å². The van der Waals surface area contributed by atoms with E-state index in [0.29, 0.717) is 18.7 Å². The molecule has 0 saturated heterocycles. The molecule has 0 aliphatic carbocycles. The highest BCUT2D eigenvalue weighted by Crippen LogP contribution is 2.17. The molecule has 0 aliphatic rings. The Kier molecular flexibility index (Phi) is 6.17. The van der Waals surface area contributed by atoms with Crippen LogP contribution in [0.1, 0.15) is 18.1 Å². The summed E-state index contributed by atoms with van der Waals surface area (Å²) in [6.07, 6.45) is -0.201. The van der Waals surface area contributed by atoms with Crippen LogP contribution in [0.5, 0.6) is 0 Å². The number of hydrogen-bond acceptors (Lipinski definition) is 4. The van der Waals surface area contributed by atoms with Gasteiger partial charge in [0.1, 0.15) is 6.61 Å². The highest BCUT2D eigenvalue weighted by atomic mass is 16.5. The molecule has 0 radical (unpaired) electrons. The maximum atomic E-state index is 11.9. The van der Waals surface area contributed by atoms with Crippen molar-refractivity contribution in [1.82, 2.24) is 0 Å². The number of carbonyl (C=O) groups is 1. The number of carbonyl (C=O) groups excluding carboxylic acids is 1. The lowest BCUT2D eigenvalue weighted by Gasteiger charge is -2.12. The first-order chi connectivity index (χ1) is 11.2. The molecule has 5 heteroatoms. The van der Waals surface area contributed by atoms with Crippen LogP contribution in [0.3, 0.4) is 0 Å². The lowest BCUT2D eigenvalue weighted by molar-refractivity contribution is 0.155. The molecule has 0 saturated carbocycles. The zero-order valence-corrected chi connectivity index (χ0v) is 13.0. The van der Waals surface area contributed by atoms with Crippen LogP contribution in [0, 0.1) is 5.41 Å². The van der Waals surface area contributed by atoms with E-state index < -0.39 is 6.09 Å². The molecule has 2 aromatic carbocycles. The molecule has 5 nitrogen and oxygen atoms in total. The molecule has 0 heterocycles. The van der Waals surface area contributed by atoms with Gasteiger partial charge >= 0.3 is 6.09 Å². The standard InChI is InChI=1S/C18H20N2O3/c1-2-22-17(19)12-15-10-6-7-11-16(15)20-18(21)23-13-14-8-4-3-5-9-14/h3-11,19H,2,12-13H2,1H3,(H,20,21). The van der Waals surface area contributed by atoms with Crippen molar-refractivity contribution in [3.63, 3.8) is 0 Å². The highest BCUT2D eigenvalue weighted by Gasteiger charge is 2.09. The molecule has 0 aromatic heterocycles. The molecule has 0 unspecified atom stereocenters. The van der Waals surface area contributed by atoms with Crippen LogP contribution >= 0.6 is 0 Å². The van der Waals surface area contributed by atoms with Crippen LogP contribution in [0.4, 0.5) is 10.5 Å². The summed E-state index contributed by atoms with van der Waals surface area (Å²) in [5.74, 6) is 0.166. The van der Waals surface area contributed by atoms with Gasteiger partial charge in [0.05, 0.1) is 13.0 Å². The first kappa shape index (κ1) is 16.5. The Hall–Kier alpha value is -2.82. The summed E-state index contributed by atoms with van der Waals surface area (Å²) in [6.45, 7) is 2.50. The predicted molar refractivity (Wildman–Crippen MR) is 89.7 cm³/mol. The zero-order valence-electron chi connectivity index (χ0n) is 13.0. The molecule has 120 valence electrons. The number of benzene rings is 2. The summed E-state index contributed by atoms with van der Waals surface area (Å²) in [7, 11) is 0. The van der Waals surface area contributed by atoms with Crippen molar-refractivity contribution >= 4 is 17.7 Å². The van der Waals surface area contributed by atoms with Crippen molar-refractivity contribution in [3.8, 4) is 0 Å². The van der Waals surface area contributed by atoms with Gasteiger partial charge in [-0.15, -0.1) is 0 Å². The third-order valence-electron chi connectivity index (χ3n) is 3.14. The van der Waals surface area contributed by atoms with E-state index in [1.807, 2.05) is 55.5 Å². The summed E-state index contributed by atoms with van der Waals surface area (Å²) >= 11 is 0. The van der Waals surface area contributed by atoms with Gasteiger partial charge in [0.25, 0.3) is 0 Å². The molecule has 0 aliphatic heterocycles. The second-order valence-electron chi connectivity index (χ2n) is 4.88. The lowest BCUT2D eigenvalue weighted by Crippen LogP contribution is -2.16. The summed E-state index contributed by atoms with van der Waals surface area (Å²) < 4.78 is 10.4. The molecular weight excluding hydrogens is 292 g/mol. The Morgan fingerprint density at radius 2 is 1.74 bits per heavy atom. The maximum Gasteiger partial charge on any atom is 0.411 e. The SMILES string of the molecule is CCOC(=N)Cc1ccccc1NC(=O)OCc1ccccc1. The number of ether oxygens (including phenoxy) is 2. The second kappa shape index (κ2) is 8.58. The van der Waals surface area contributed by atoms with Crippen LogP contribution in [-0.4, -0.2) is 18.6 Å². The minimum absolute atomic E-state index is 0.166. The van der Waals surface area contributed by atoms with Gasteiger partial charge in [0.2, 0.25) is 0 Å². The van der Waals surface area contributed by atoms with Crippen LogP contribution in [0.2, 0.25) is 0 Å². The molecule has 1 amide bonds. The molecule has 0 bridgehead atoms. The number of para-hydroxylation sites is 1. The number of nitrogens with one attached hydrogen (secondary N) is 2. The lowest BCUT2D eigenvalue weighted by atomic mass is 10.1. The molecule has 2 N–H and O–H groups in total. The fourth-order valence-corrected chi connectivity index (χ4v) is 2.06. The smallest absolute Gasteiger partial charge is 0.411 e. The van der Waals surface area contributed by atoms with E-state index in [2.05, 4.69) is 5.32 Å². The minimum Gasteiger partial charge on any atom is -0.481 e. The Morgan fingerprint density at radius 1 is 1.04 bits per heavy atom. The largest absolute Gasteiger partial charge is 0.481 e. The molecule has 0 fully saturated rings. The normalized spacial score (nSPS) is 9.96. The average molecular weight is 312 g/mol. The Balaban J connectivity index is 1.94. The van der Waals surface area contributed by atoms with Gasteiger partial charge in [-0.05, 0) is 24.1 Å². The van der Waals surface area contributed by atoms with Gasteiger partial charge in [-0.1, -0.05) is 48.5 Å². The molecule has 0 atom stereocenters. The van der Waals surface area contributed by atoms with Crippen LogP contribution < -0.4 is 5.32 Å². The van der Waals surface area contributed by atoms with E-state index in [-0.39, 0.29) is 12.5 Å². The summed E-state index contributed by atoms with van der Waals surface area (Å²) in [5, 5.41) is 10.4. The molecular formula is C18H20N2O3. The van der Waals surface area contributed by atoms with Crippen LogP contribution in [0.15, 0.2) is 54.6 Å². The maximum absolute atomic E-state index is 11.9. The number of rotatable bonds is 6. The van der Waals surface area contributed by atoms with E-state index >= 15 is 0 Å². The molecule has 0 spiro atoms. The first-order valence-electron chi connectivity index (χ1n) is 7.45. The van der Waals surface area contributed by atoms with Gasteiger partial charge < -0.3 is 9.47 Å². The van der Waals surface area contributed by atoms with Crippen molar-refractivity contribution in [2.24, 2.45) is 0 Å². The molecule has 23 heavy (non-hydrogen) atoms. The third kappa shape index (κ3) is 5.47. The van der Waals surface area contributed by atoms with Gasteiger partial charge in [0.15, 0.2) is 5.90 Å². The number of amides is 1. The van der Waals surface area contributed by atoms with Crippen molar-refractivity contribution in [2.45, 2.75) is 20.0 Å². The summed E-state index contributed by atoms with van der Waals surface area (Å²) in [5.41, 5.74) is 2.35. The van der Waals surface area contributed by atoms with Crippen molar-refractivity contribution < 1.29 is 14.3 Å². The summed E-state index contributed by atoms with van der Waals surface area (Å²) in [6, 6.07) is 16.8.